The summed E-state index contributed by atoms with van der Waals surface area (Å²) in [6.07, 6.45) is 2.71. The van der Waals surface area contributed by atoms with Crippen LogP contribution in [0.5, 0.6) is 0 Å². The lowest BCUT2D eigenvalue weighted by Gasteiger charge is -2.30. The minimum absolute atomic E-state index is 0.00931. The quantitative estimate of drug-likeness (QED) is 0.321. The van der Waals surface area contributed by atoms with Gasteiger partial charge >= 0.3 is 0 Å². The van der Waals surface area contributed by atoms with E-state index in [0.717, 1.165) is 11.1 Å². The van der Waals surface area contributed by atoms with E-state index in [1.54, 1.807) is 19.9 Å². The molecule has 0 saturated heterocycles. The average Bonchev–Trinajstić information content (AvgIpc) is 3.52. The molecule has 0 spiro atoms. The van der Waals surface area contributed by atoms with E-state index >= 15 is 0 Å². The second-order valence-electron chi connectivity index (χ2n) is 11.4. The number of benzene rings is 1. The molecule has 2 aliphatic rings. The number of aliphatic hydroxyl groups excluding tert-OH is 2. The van der Waals surface area contributed by atoms with Crippen LogP contribution in [0.2, 0.25) is 0 Å². The summed E-state index contributed by atoms with van der Waals surface area (Å²) >= 11 is 0. The second kappa shape index (κ2) is 13.1. The summed E-state index contributed by atoms with van der Waals surface area (Å²) in [5.41, 5.74) is 2.25. The predicted molar refractivity (Wildman–Crippen MR) is 151 cm³/mol. The van der Waals surface area contributed by atoms with Crippen LogP contribution in [0.1, 0.15) is 69.7 Å². The average molecular weight is 570 g/mol. The third-order valence-corrected chi connectivity index (χ3v) is 6.75. The van der Waals surface area contributed by atoms with Gasteiger partial charge in [-0.3, -0.25) is 19.2 Å². The largest absolute Gasteiger partial charge is 0.443 e. The Labute approximate surface area is 239 Å². The molecule has 4 amide bonds. The number of aliphatic hydroxyl groups is 2. The van der Waals surface area contributed by atoms with Gasteiger partial charge in [-0.25, -0.2) is 4.98 Å². The SMILES string of the molecule is CC(C)(C)C1NC(=O)CCc2ccc3c(c2)C(C=C(c2nc(CO)co2)NC1=O)C(=O)N3.CNC(=O)C(O)C(C)C. The summed E-state index contributed by atoms with van der Waals surface area (Å²) in [6.45, 7) is 8.82. The van der Waals surface area contributed by atoms with Crippen LogP contribution in [0.25, 0.3) is 5.70 Å². The number of nitrogens with zero attached hydrogens (tertiary/aromatic N) is 1. The molecule has 12 heteroatoms. The van der Waals surface area contributed by atoms with Gasteiger partial charge in [0, 0.05) is 19.2 Å². The predicted octanol–water partition coefficient (Wildman–Crippen LogP) is 1.59. The number of carbonyl (C=O) groups excluding carboxylic acids is 4. The molecular formula is C29H39N5O7. The third kappa shape index (κ3) is 7.80. The van der Waals surface area contributed by atoms with Crippen LogP contribution in [-0.4, -0.2) is 58.0 Å². The van der Waals surface area contributed by atoms with Crippen molar-refractivity contribution < 1.29 is 33.8 Å². The fraction of sp³-hybridized carbons (Fsp3) is 0.483. The third-order valence-electron chi connectivity index (χ3n) is 6.75. The van der Waals surface area contributed by atoms with Crippen molar-refractivity contribution in [2.75, 3.05) is 12.4 Å². The number of fused-ring (bicyclic) bond motifs is 1. The van der Waals surface area contributed by atoms with Crippen molar-refractivity contribution in [2.24, 2.45) is 11.3 Å². The molecule has 2 aromatic rings. The number of nitrogens with one attached hydrogen (secondary N) is 4. The first-order valence-corrected chi connectivity index (χ1v) is 13.5. The molecule has 0 saturated carbocycles. The zero-order valence-corrected chi connectivity index (χ0v) is 24.2. The first-order chi connectivity index (χ1) is 19.2. The zero-order valence-electron chi connectivity index (χ0n) is 24.2. The lowest BCUT2D eigenvalue weighted by molar-refractivity contribution is -0.130. The van der Waals surface area contributed by atoms with Gasteiger partial charge in [0.25, 0.3) is 0 Å². The highest BCUT2D eigenvalue weighted by Crippen LogP contribution is 2.36. The molecule has 2 aliphatic heterocycles. The van der Waals surface area contributed by atoms with Crippen LogP contribution in [0.3, 0.4) is 0 Å². The molecule has 6 N–H and O–H groups in total. The van der Waals surface area contributed by atoms with Gasteiger partial charge < -0.3 is 35.9 Å². The van der Waals surface area contributed by atoms with E-state index in [9.17, 15) is 24.3 Å². The van der Waals surface area contributed by atoms with Crippen LogP contribution < -0.4 is 21.3 Å². The molecule has 0 aliphatic carbocycles. The number of likely N-dealkylation sites (N-methyl/N-ethyl adjacent to an activating group) is 1. The summed E-state index contributed by atoms with van der Waals surface area (Å²) in [7, 11) is 1.51. The number of amides is 4. The van der Waals surface area contributed by atoms with E-state index in [4.69, 9.17) is 9.52 Å². The number of aryl methyl sites for hydroxylation is 1. The molecule has 12 nitrogen and oxygen atoms in total. The monoisotopic (exact) mass is 569 g/mol. The Morgan fingerprint density at radius 1 is 1.15 bits per heavy atom. The van der Waals surface area contributed by atoms with Crippen LogP contribution in [0.15, 0.2) is 35.0 Å². The Hall–Kier alpha value is -4.03. The normalized spacial score (nSPS) is 19.7. The van der Waals surface area contributed by atoms with E-state index in [1.165, 1.54) is 13.3 Å². The highest BCUT2D eigenvalue weighted by molar-refractivity contribution is 6.05. The number of rotatable bonds is 4. The summed E-state index contributed by atoms with van der Waals surface area (Å²) < 4.78 is 5.46. The molecule has 41 heavy (non-hydrogen) atoms. The fourth-order valence-electron chi connectivity index (χ4n) is 4.31. The van der Waals surface area contributed by atoms with Crippen LogP contribution in [0.4, 0.5) is 5.69 Å². The van der Waals surface area contributed by atoms with Gasteiger partial charge in [-0.15, -0.1) is 0 Å². The number of anilines is 1. The topological polar surface area (TPSA) is 183 Å². The van der Waals surface area contributed by atoms with Crippen LogP contribution >= 0.6 is 0 Å². The van der Waals surface area contributed by atoms with E-state index in [2.05, 4.69) is 26.3 Å². The molecule has 2 bridgehead atoms. The second-order valence-corrected chi connectivity index (χ2v) is 11.4. The summed E-state index contributed by atoms with van der Waals surface area (Å²) in [4.78, 5) is 53.4. The molecule has 1 aromatic carbocycles. The van der Waals surface area contributed by atoms with E-state index in [0.29, 0.717) is 12.1 Å². The molecule has 222 valence electrons. The van der Waals surface area contributed by atoms with Crippen molar-refractivity contribution >= 4 is 35.0 Å². The molecule has 1 aromatic heterocycles. The maximum atomic E-state index is 13.3. The van der Waals surface area contributed by atoms with Gasteiger partial charge in [-0.2, -0.15) is 0 Å². The summed E-state index contributed by atoms with van der Waals surface area (Å²) in [6, 6.07) is 4.77. The number of hydrogen-bond acceptors (Lipinski definition) is 8. The van der Waals surface area contributed by atoms with Crippen LogP contribution in [0, 0.1) is 11.3 Å². The van der Waals surface area contributed by atoms with Gasteiger partial charge in [0.1, 0.15) is 29.8 Å². The van der Waals surface area contributed by atoms with Crippen molar-refractivity contribution in [1.82, 2.24) is 20.9 Å². The standard InChI is InChI=1S/C23H26N4O5.C6H13NO2/c1-23(2,3)19-21(31)26-17(22-24-13(10-28)11-32-22)9-15-14-8-12(5-7-18(29)27-19)4-6-16(14)25-20(15)30;1-4(2)5(8)6(9)7-3/h4,6,8-9,11,15,19,28H,5,7,10H2,1-3H3,(H,25,30)(H,26,31)(H,27,29);4-5,8H,1-3H3,(H,7,9). The van der Waals surface area contributed by atoms with Crippen molar-refractivity contribution in [3.8, 4) is 0 Å². The van der Waals surface area contributed by atoms with Crippen molar-refractivity contribution in [3.63, 3.8) is 0 Å². The van der Waals surface area contributed by atoms with Gasteiger partial charge in [0.2, 0.25) is 29.5 Å². The first kappa shape index (κ1) is 31.5. The number of aromatic nitrogens is 1. The Morgan fingerprint density at radius 2 is 1.85 bits per heavy atom. The zero-order chi connectivity index (χ0) is 30.5. The summed E-state index contributed by atoms with van der Waals surface area (Å²) in [5.74, 6) is -1.87. The Morgan fingerprint density at radius 3 is 2.41 bits per heavy atom. The number of carbonyl (C=O) groups is 4. The van der Waals surface area contributed by atoms with Gasteiger partial charge in [0.15, 0.2) is 0 Å². The molecular weight excluding hydrogens is 530 g/mol. The van der Waals surface area contributed by atoms with Crippen LogP contribution in [-0.2, 0) is 32.2 Å². The van der Waals surface area contributed by atoms with Gasteiger partial charge in [-0.1, -0.05) is 46.8 Å². The maximum Gasteiger partial charge on any atom is 0.248 e. The van der Waals surface area contributed by atoms with Crippen molar-refractivity contribution in [2.45, 2.75) is 72.1 Å². The Bertz CT molecular complexity index is 1330. The fourth-order valence-corrected chi connectivity index (χ4v) is 4.31. The molecule has 3 atom stereocenters. The minimum atomic E-state index is -0.866. The summed E-state index contributed by atoms with van der Waals surface area (Å²) in [5, 5.41) is 29.2. The highest BCUT2D eigenvalue weighted by atomic mass is 16.3. The molecule has 0 radical (unpaired) electrons. The Balaban J connectivity index is 0.000000445. The molecule has 0 fully saturated rings. The lowest BCUT2D eigenvalue weighted by Crippen LogP contribution is -2.53. The van der Waals surface area contributed by atoms with E-state index in [-0.39, 0.29) is 53.9 Å². The number of hydrogen-bond donors (Lipinski definition) is 6. The van der Waals surface area contributed by atoms with Crippen molar-refractivity contribution in [1.29, 1.82) is 0 Å². The Kier molecular flexibility index (Phi) is 10.1. The van der Waals surface area contributed by atoms with Gasteiger partial charge in [-0.05, 0) is 41.0 Å². The smallest absolute Gasteiger partial charge is 0.248 e. The van der Waals surface area contributed by atoms with E-state index < -0.39 is 29.4 Å². The maximum absolute atomic E-state index is 13.3. The van der Waals surface area contributed by atoms with Crippen molar-refractivity contribution in [3.05, 3.63) is 53.2 Å². The first-order valence-electron chi connectivity index (χ1n) is 13.5. The number of oxazole rings is 1. The minimum Gasteiger partial charge on any atom is -0.443 e. The highest BCUT2D eigenvalue weighted by Gasteiger charge is 2.35. The lowest BCUT2D eigenvalue weighted by atomic mass is 9.86. The van der Waals surface area contributed by atoms with E-state index in [1.807, 2.05) is 39.0 Å². The molecule has 3 heterocycles. The molecule has 4 rings (SSSR count). The van der Waals surface area contributed by atoms with Gasteiger partial charge in [0.05, 0.1) is 12.5 Å². The molecule has 3 unspecified atom stereocenters.